The van der Waals surface area contributed by atoms with Crippen molar-refractivity contribution >= 4 is 15.9 Å². The molecule has 0 radical (unpaired) electrons. The van der Waals surface area contributed by atoms with E-state index in [0.29, 0.717) is 50.6 Å². The second-order valence-electron chi connectivity index (χ2n) is 8.03. The first kappa shape index (κ1) is 20.4. The molecule has 3 heterocycles. The number of carbonyl (C=O) groups is 1. The number of sulfonamides is 1. The molecule has 0 bridgehead atoms. The molecule has 160 valence electrons. The fourth-order valence-electron chi connectivity index (χ4n) is 4.61. The first-order chi connectivity index (χ1) is 13.8. The molecule has 2 atom stereocenters. The third kappa shape index (κ3) is 3.49. The average Bonchev–Trinajstić information content (AvgIpc) is 2.71. The van der Waals surface area contributed by atoms with Crippen LogP contribution in [0.2, 0.25) is 0 Å². The van der Waals surface area contributed by atoms with Crippen molar-refractivity contribution in [3.8, 4) is 11.5 Å². The van der Waals surface area contributed by atoms with Gasteiger partial charge in [0.25, 0.3) is 5.91 Å². The lowest BCUT2D eigenvalue weighted by Crippen LogP contribution is -2.70. The van der Waals surface area contributed by atoms with Crippen LogP contribution in [0, 0.1) is 5.92 Å². The number of nitrogens with zero attached hydrogens (tertiary/aromatic N) is 2. The Balaban J connectivity index is 1.46. The van der Waals surface area contributed by atoms with Gasteiger partial charge >= 0.3 is 0 Å². The molecule has 0 N–H and O–H groups in total. The van der Waals surface area contributed by atoms with E-state index in [9.17, 15) is 13.2 Å². The topological polar surface area (TPSA) is 85.4 Å². The molecule has 3 aliphatic rings. The molecule has 29 heavy (non-hydrogen) atoms. The van der Waals surface area contributed by atoms with Crippen molar-refractivity contribution in [2.45, 2.75) is 49.8 Å². The van der Waals surface area contributed by atoms with Crippen LogP contribution in [-0.2, 0) is 19.6 Å². The highest BCUT2D eigenvalue weighted by atomic mass is 32.2. The number of benzene rings is 1. The van der Waals surface area contributed by atoms with Gasteiger partial charge in [0.15, 0.2) is 17.6 Å². The molecular weight excluding hydrogens is 396 g/mol. The van der Waals surface area contributed by atoms with Crippen LogP contribution >= 0.6 is 0 Å². The second-order valence-corrected chi connectivity index (χ2v) is 9.97. The highest BCUT2D eigenvalue weighted by Gasteiger charge is 2.52. The van der Waals surface area contributed by atoms with E-state index in [2.05, 4.69) is 0 Å². The minimum absolute atomic E-state index is 0.0200. The number of likely N-dealkylation sites (tertiary alicyclic amines) is 1. The molecule has 0 saturated carbocycles. The lowest BCUT2D eigenvalue weighted by Gasteiger charge is -2.53. The van der Waals surface area contributed by atoms with Crippen LogP contribution in [0.5, 0.6) is 11.5 Å². The number of carbonyl (C=O) groups excluding carboxylic acids is 1. The molecule has 0 aromatic heterocycles. The Morgan fingerprint density at radius 3 is 2.38 bits per heavy atom. The zero-order valence-electron chi connectivity index (χ0n) is 17.0. The van der Waals surface area contributed by atoms with Gasteiger partial charge in [0.1, 0.15) is 13.2 Å². The molecule has 1 amide bonds. The van der Waals surface area contributed by atoms with Crippen molar-refractivity contribution in [1.82, 2.24) is 9.21 Å². The van der Waals surface area contributed by atoms with Gasteiger partial charge < -0.3 is 19.1 Å². The lowest BCUT2D eigenvalue weighted by molar-refractivity contribution is -0.181. The highest BCUT2D eigenvalue weighted by molar-refractivity contribution is 7.89. The first-order valence-corrected chi connectivity index (χ1v) is 11.5. The van der Waals surface area contributed by atoms with Crippen molar-refractivity contribution in [3.05, 3.63) is 18.2 Å². The Labute approximate surface area is 171 Å². The first-order valence-electron chi connectivity index (χ1n) is 10.1. The zero-order chi connectivity index (χ0) is 20.8. The number of fused-ring (bicyclic) bond motifs is 1. The van der Waals surface area contributed by atoms with E-state index < -0.39 is 16.1 Å². The number of hydrogen-bond donors (Lipinski definition) is 0. The van der Waals surface area contributed by atoms with E-state index in [1.165, 1.54) is 4.31 Å². The van der Waals surface area contributed by atoms with Crippen LogP contribution in [0.3, 0.4) is 0 Å². The Morgan fingerprint density at radius 2 is 1.76 bits per heavy atom. The fourth-order valence-corrected chi connectivity index (χ4v) is 6.09. The van der Waals surface area contributed by atoms with Crippen LogP contribution in [-0.4, -0.2) is 75.1 Å². The summed E-state index contributed by atoms with van der Waals surface area (Å²) in [5.41, 5.74) is 0. The van der Waals surface area contributed by atoms with Gasteiger partial charge in [-0.3, -0.25) is 4.79 Å². The standard InChI is InChI=1S/C20H28N2O6S/c1-13(2)22-18(19(26-3)20(22)23)14-6-8-21(9-7-14)29(24,25)15-4-5-16-17(12-15)28-11-10-27-16/h4-5,12-14,18-19H,6-11H2,1-3H3/t18-,19+/m0/s1. The van der Waals surface area contributed by atoms with Crippen molar-refractivity contribution in [2.24, 2.45) is 5.92 Å². The van der Waals surface area contributed by atoms with Crippen molar-refractivity contribution in [1.29, 1.82) is 0 Å². The molecular formula is C20H28N2O6S. The molecule has 0 aliphatic carbocycles. The van der Waals surface area contributed by atoms with Crippen LogP contribution in [0.1, 0.15) is 26.7 Å². The van der Waals surface area contributed by atoms with Gasteiger partial charge in [0, 0.05) is 32.3 Å². The van der Waals surface area contributed by atoms with E-state index in [1.54, 1.807) is 25.3 Å². The average molecular weight is 425 g/mol. The minimum atomic E-state index is -3.61. The number of piperidine rings is 1. The lowest BCUT2D eigenvalue weighted by atomic mass is 9.79. The Morgan fingerprint density at radius 1 is 1.10 bits per heavy atom. The second kappa shape index (κ2) is 7.77. The summed E-state index contributed by atoms with van der Waals surface area (Å²) >= 11 is 0. The van der Waals surface area contributed by atoms with Gasteiger partial charge in [-0.05, 0) is 44.7 Å². The molecule has 1 aromatic carbocycles. The van der Waals surface area contributed by atoms with Gasteiger partial charge in [-0.2, -0.15) is 4.31 Å². The van der Waals surface area contributed by atoms with E-state index in [4.69, 9.17) is 14.2 Å². The van der Waals surface area contributed by atoms with E-state index in [0.717, 1.165) is 0 Å². The monoisotopic (exact) mass is 424 g/mol. The maximum Gasteiger partial charge on any atom is 0.254 e. The summed E-state index contributed by atoms with van der Waals surface area (Å²) in [6.45, 7) is 5.72. The minimum Gasteiger partial charge on any atom is -0.486 e. The highest BCUT2D eigenvalue weighted by Crippen LogP contribution is 2.38. The fraction of sp³-hybridized carbons (Fsp3) is 0.650. The third-order valence-electron chi connectivity index (χ3n) is 6.07. The third-order valence-corrected chi connectivity index (χ3v) is 7.97. The molecule has 2 saturated heterocycles. The largest absolute Gasteiger partial charge is 0.486 e. The summed E-state index contributed by atoms with van der Waals surface area (Å²) in [5.74, 6) is 1.30. The van der Waals surface area contributed by atoms with Crippen molar-refractivity contribution < 1.29 is 27.4 Å². The smallest absolute Gasteiger partial charge is 0.254 e. The molecule has 8 nitrogen and oxygen atoms in total. The van der Waals surface area contributed by atoms with Crippen LogP contribution in [0.15, 0.2) is 23.1 Å². The number of ether oxygens (including phenoxy) is 3. The number of β-lactam (4-membered cyclic amide) rings is 1. The quantitative estimate of drug-likeness (QED) is 0.666. The predicted octanol–water partition coefficient (Wildman–Crippen LogP) is 1.49. The molecule has 0 spiro atoms. The van der Waals surface area contributed by atoms with E-state index in [-0.39, 0.29) is 28.8 Å². The maximum atomic E-state index is 13.1. The Hall–Kier alpha value is -1.84. The Kier molecular flexibility index (Phi) is 5.48. The van der Waals surface area contributed by atoms with Gasteiger partial charge in [-0.1, -0.05) is 0 Å². The van der Waals surface area contributed by atoms with Crippen molar-refractivity contribution in [2.75, 3.05) is 33.4 Å². The molecule has 0 unspecified atom stereocenters. The molecule has 1 aromatic rings. The number of rotatable bonds is 5. The van der Waals surface area contributed by atoms with Crippen molar-refractivity contribution in [3.63, 3.8) is 0 Å². The van der Waals surface area contributed by atoms with Crippen LogP contribution in [0.4, 0.5) is 0 Å². The molecule has 9 heteroatoms. The van der Waals surface area contributed by atoms with Gasteiger partial charge in [-0.25, -0.2) is 8.42 Å². The maximum absolute atomic E-state index is 13.1. The zero-order valence-corrected chi connectivity index (χ0v) is 17.9. The van der Waals surface area contributed by atoms with Crippen LogP contribution in [0.25, 0.3) is 0 Å². The summed E-state index contributed by atoms with van der Waals surface area (Å²) in [4.78, 5) is 14.4. The Bertz CT molecular complexity index is 879. The van der Waals surface area contributed by atoms with E-state index >= 15 is 0 Å². The summed E-state index contributed by atoms with van der Waals surface area (Å²) in [5, 5.41) is 0. The summed E-state index contributed by atoms with van der Waals surface area (Å²) in [6, 6.07) is 4.89. The molecule has 4 rings (SSSR count). The summed E-state index contributed by atoms with van der Waals surface area (Å²) in [7, 11) is -2.04. The van der Waals surface area contributed by atoms with Crippen LogP contribution < -0.4 is 9.47 Å². The molecule has 3 aliphatic heterocycles. The number of amides is 1. The van der Waals surface area contributed by atoms with Gasteiger partial charge in [0.05, 0.1) is 10.9 Å². The normalized spacial score (nSPS) is 25.9. The number of methoxy groups -OCH3 is 1. The van der Waals surface area contributed by atoms with Gasteiger partial charge in [-0.15, -0.1) is 0 Å². The summed E-state index contributed by atoms with van der Waals surface area (Å²) in [6.07, 6.45) is 0.985. The van der Waals surface area contributed by atoms with Gasteiger partial charge in [0.2, 0.25) is 10.0 Å². The summed E-state index contributed by atoms with van der Waals surface area (Å²) < 4.78 is 44.2. The van der Waals surface area contributed by atoms with E-state index in [1.807, 2.05) is 18.7 Å². The number of hydrogen-bond acceptors (Lipinski definition) is 6. The molecule has 2 fully saturated rings. The SMILES string of the molecule is CO[C@H]1C(=O)N(C(C)C)[C@H]1C1CCN(S(=O)(=O)c2ccc3c(c2)OCCO3)CC1. The predicted molar refractivity (Wildman–Crippen MR) is 105 cm³/mol.